The number of benzene rings is 3. The number of anilines is 4. The van der Waals surface area contributed by atoms with E-state index in [0.29, 0.717) is 33.5 Å². The van der Waals surface area contributed by atoms with Gasteiger partial charge in [-0.1, -0.05) is 18.7 Å². The third-order valence-electron chi connectivity index (χ3n) is 6.76. The molecule has 3 aromatic carbocycles. The van der Waals surface area contributed by atoms with Crippen LogP contribution in [0.3, 0.4) is 0 Å². The lowest BCUT2D eigenvalue weighted by atomic mass is 10.0. The van der Waals surface area contributed by atoms with Crippen LogP contribution in [0, 0.1) is 5.82 Å². The molecule has 0 bridgehead atoms. The molecule has 0 spiro atoms. The highest BCUT2D eigenvalue weighted by atomic mass is 19.2. The molecule has 1 amide bonds. The summed E-state index contributed by atoms with van der Waals surface area (Å²) in [5.41, 5.74) is 2.73. The summed E-state index contributed by atoms with van der Waals surface area (Å²) in [5, 5.41) is 15.9. The van der Waals surface area contributed by atoms with E-state index in [1.54, 1.807) is 67.7 Å². The number of rotatable bonds is 8. The number of nitrogens with zero attached hydrogens (tertiary/aromatic N) is 4. The van der Waals surface area contributed by atoms with Crippen molar-refractivity contribution in [2.45, 2.75) is 25.6 Å². The summed E-state index contributed by atoms with van der Waals surface area (Å²) in [6.45, 7) is 5.59. The Labute approximate surface area is 235 Å². The van der Waals surface area contributed by atoms with Crippen LogP contribution >= 0.6 is 0 Å². The molecule has 5 rings (SSSR count). The van der Waals surface area contributed by atoms with Crippen LogP contribution < -0.4 is 15.5 Å². The van der Waals surface area contributed by atoms with Gasteiger partial charge in [0, 0.05) is 53.8 Å². The predicted octanol–water partition coefficient (Wildman–Crippen LogP) is 5.40. The summed E-state index contributed by atoms with van der Waals surface area (Å²) in [6, 6.07) is 16.4. The number of hydrogen-bond donors (Lipinski definition) is 3. The molecule has 212 valence electrons. The third kappa shape index (κ3) is 6.16. The van der Waals surface area contributed by atoms with Gasteiger partial charge in [0.2, 0.25) is 24.4 Å². The molecule has 0 saturated carbocycles. The first-order valence-corrected chi connectivity index (χ1v) is 13.1. The van der Waals surface area contributed by atoms with Gasteiger partial charge >= 0.3 is 0 Å². The standard InChI is InChI=1S/C30H29F3N6O2/c1-3-25(41)35-22-6-4-5-19(15-22)26-24(31)12-7-20-16-34-30(37-27(20)26)36-21-8-10-23(11-9-21)39-14-13-38(17-18(2)40)28(32)29(39)33/h3-12,15-16,18,28-29,40H,1,13-14,17H2,2H3,(H,35,41)(H,34,36,37). The number of piperazine rings is 1. The van der Waals surface area contributed by atoms with Crippen molar-refractivity contribution in [2.24, 2.45) is 0 Å². The summed E-state index contributed by atoms with van der Waals surface area (Å²) < 4.78 is 44.6. The average molecular weight is 563 g/mol. The second-order valence-corrected chi connectivity index (χ2v) is 9.78. The van der Waals surface area contributed by atoms with Crippen molar-refractivity contribution >= 4 is 39.8 Å². The SMILES string of the molecule is C=CC(=O)Nc1cccc(-c2c(F)ccc3cnc(Nc4ccc(N5CCN(CC(C)O)C(F)C5F)cc4)nc23)c1. The topological polar surface area (TPSA) is 93.6 Å². The number of alkyl halides is 2. The summed E-state index contributed by atoms with van der Waals surface area (Å²) in [5.74, 6) is -0.656. The Hall–Kier alpha value is -4.48. The number of nitrogens with one attached hydrogen (secondary N) is 2. The van der Waals surface area contributed by atoms with Gasteiger partial charge in [0.1, 0.15) is 5.82 Å². The van der Waals surface area contributed by atoms with Crippen LogP contribution in [0.1, 0.15) is 6.92 Å². The summed E-state index contributed by atoms with van der Waals surface area (Å²) in [4.78, 5) is 23.3. The molecule has 1 saturated heterocycles. The highest BCUT2D eigenvalue weighted by Gasteiger charge is 2.37. The number of carbonyl (C=O) groups excluding carboxylic acids is 1. The lowest BCUT2D eigenvalue weighted by Crippen LogP contribution is -2.57. The molecule has 8 nitrogen and oxygen atoms in total. The van der Waals surface area contributed by atoms with E-state index >= 15 is 4.39 Å². The zero-order chi connectivity index (χ0) is 29.1. The third-order valence-corrected chi connectivity index (χ3v) is 6.76. The Morgan fingerprint density at radius 2 is 1.90 bits per heavy atom. The highest BCUT2D eigenvalue weighted by molar-refractivity contribution is 6.00. The highest BCUT2D eigenvalue weighted by Crippen LogP contribution is 2.33. The Morgan fingerprint density at radius 3 is 2.63 bits per heavy atom. The quantitative estimate of drug-likeness (QED) is 0.196. The molecular formula is C30H29F3N6O2. The summed E-state index contributed by atoms with van der Waals surface area (Å²) >= 11 is 0. The Morgan fingerprint density at radius 1 is 1.12 bits per heavy atom. The van der Waals surface area contributed by atoms with Crippen LogP contribution in [0.2, 0.25) is 0 Å². The first-order valence-electron chi connectivity index (χ1n) is 13.1. The molecular weight excluding hydrogens is 533 g/mol. The van der Waals surface area contributed by atoms with Crippen LogP contribution in [-0.4, -0.2) is 64.2 Å². The van der Waals surface area contributed by atoms with E-state index < -0.39 is 24.5 Å². The Bertz CT molecular complexity index is 1570. The van der Waals surface area contributed by atoms with E-state index in [4.69, 9.17) is 0 Å². The number of hydrogen-bond acceptors (Lipinski definition) is 7. The van der Waals surface area contributed by atoms with Gasteiger partial charge in [-0.25, -0.2) is 23.1 Å². The van der Waals surface area contributed by atoms with Crippen molar-refractivity contribution in [3.63, 3.8) is 0 Å². The molecule has 1 aliphatic heterocycles. The molecule has 3 unspecified atom stereocenters. The van der Waals surface area contributed by atoms with Crippen molar-refractivity contribution in [3.8, 4) is 11.1 Å². The first kappa shape index (κ1) is 28.1. The summed E-state index contributed by atoms with van der Waals surface area (Å²) in [6.07, 6.45) is -1.75. The number of carbonyl (C=O) groups is 1. The number of halogens is 3. The lowest BCUT2D eigenvalue weighted by molar-refractivity contribution is -0.111. The number of fused-ring (bicyclic) bond motifs is 1. The van der Waals surface area contributed by atoms with Gasteiger partial charge in [-0.05, 0) is 67.1 Å². The largest absolute Gasteiger partial charge is 0.392 e. The van der Waals surface area contributed by atoms with Gasteiger partial charge in [-0.15, -0.1) is 0 Å². The van der Waals surface area contributed by atoms with E-state index in [0.717, 1.165) is 6.08 Å². The monoisotopic (exact) mass is 562 g/mol. The molecule has 3 atom stereocenters. The first-order chi connectivity index (χ1) is 19.7. The van der Waals surface area contributed by atoms with E-state index in [9.17, 15) is 18.7 Å². The van der Waals surface area contributed by atoms with E-state index in [-0.39, 0.29) is 37.1 Å². The zero-order valence-corrected chi connectivity index (χ0v) is 22.3. The molecule has 0 radical (unpaired) electrons. The number of β-amino-alcohol motifs (C(OH)–C–C–N with tert-alkyl or cyclic N) is 1. The maximum absolute atomic E-state index is 15.1. The van der Waals surface area contributed by atoms with Crippen LogP contribution in [0.25, 0.3) is 22.0 Å². The molecule has 0 aliphatic carbocycles. The van der Waals surface area contributed by atoms with Crippen molar-refractivity contribution in [1.29, 1.82) is 0 Å². The minimum atomic E-state index is -1.87. The van der Waals surface area contributed by atoms with Crippen LogP contribution in [-0.2, 0) is 4.79 Å². The van der Waals surface area contributed by atoms with Gasteiger partial charge in [-0.3, -0.25) is 9.69 Å². The van der Waals surface area contributed by atoms with Crippen LogP contribution in [0.5, 0.6) is 0 Å². The fourth-order valence-corrected chi connectivity index (χ4v) is 4.83. The van der Waals surface area contributed by atoms with Crippen LogP contribution in [0.15, 0.2) is 79.5 Å². The lowest BCUT2D eigenvalue weighted by Gasteiger charge is -2.41. The smallest absolute Gasteiger partial charge is 0.247 e. The molecule has 1 aliphatic rings. The Kier molecular flexibility index (Phi) is 8.18. The van der Waals surface area contributed by atoms with Gasteiger partial charge in [0.25, 0.3) is 0 Å². The van der Waals surface area contributed by atoms with Gasteiger partial charge in [0.15, 0.2) is 0 Å². The van der Waals surface area contributed by atoms with Crippen molar-refractivity contribution in [3.05, 3.63) is 85.3 Å². The molecule has 1 aromatic heterocycles. The molecule has 4 aromatic rings. The predicted molar refractivity (Wildman–Crippen MR) is 154 cm³/mol. The van der Waals surface area contributed by atoms with E-state index in [1.165, 1.54) is 15.9 Å². The maximum atomic E-state index is 15.1. The van der Waals surface area contributed by atoms with Crippen molar-refractivity contribution < 1.29 is 23.1 Å². The Balaban J connectivity index is 1.37. The molecule has 11 heteroatoms. The molecule has 3 N–H and O–H groups in total. The zero-order valence-electron chi connectivity index (χ0n) is 22.3. The van der Waals surface area contributed by atoms with Gasteiger partial charge in [0.05, 0.1) is 11.6 Å². The number of aliphatic hydroxyl groups is 1. The molecule has 1 fully saturated rings. The van der Waals surface area contributed by atoms with Crippen LogP contribution in [0.4, 0.5) is 36.2 Å². The minimum absolute atomic E-state index is 0.0625. The van der Waals surface area contributed by atoms with E-state index in [2.05, 4.69) is 27.2 Å². The second-order valence-electron chi connectivity index (χ2n) is 9.78. The number of aliphatic hydroxyl groups excluding tert-OH is 1. The maximum Gasteiger partial charge on any atom is 0.247 e. The number of aromatic nitrogens is 2. The fourth-order valence-electron chi connectivity index (χ4n) is 4.83. The average Bonchev–Trinajstić information content (AvgIpc) is 2.96. The second kappa shape index (κ2) is 11.9. The normalized spacial score (nSPS) is 18.2. The molecule has 41 heavy (non-hydrogen) atoms. The van der Waals surface area contributed by atoms with Gasteiger partial charge < -0.3 is 20.6 Å². The molecule has 2 heterocycles. The van der Waals surface area contributed by atoms with Crippen molar-refractivity contribution in [2.75, 3.05) is 35.2 Å². The van der Waals surface area contributed by atoms with Crippen molar-refractivity contribution in [1.82, 2.24) is 14.9 Å². The fraction of sp³-hybridized carbons (Fsp3) is 0.233. The number of amides is 1. The van der Waals surface area contributed by atoms with E-state index in [1.807, 2.05) is 0 Å². The van der Waals surface area contributed by atoms with Gasteiger partial charge in [-0.2, -0.15) is 0 Å². The summed E-state index contributed by atoms with van der Waals surface area (Å²) in [7, 11) is 0. The minimum Gasteiger partial charge on any atom is -0.392 e.